The molecule has 0 radical (unpaired) electrons. The molecule has 0 heterocycles. The minimum absolute atomic E-state index is 0.0115. The van der Waals surface area contributed by atoms with E-state index >= 15 is 0 Å². The van der Waals surface area contributed by atoms with Crippen LogP contribution >= 0.6 is 15.9 Å². The van der Waals surface area contributed by atoms with Crippen molar-refractivity contribution in [1.82, 2.24) is 0 Å². The molecule has 0 spiro atoms. The number of halogens is 1. The minimum atomic E-state index is -0.0115. The van der Waals surface area contributed by atoms with Gasteiger partial charge < -0.3 is 0 Å². The van der Waals surface area contributed by atoms with Gasteiger partial charge in [0.2, 0.25) is 0 Å². The molecule has 0 saturated carbocycles. The van der Waals surface area contributed by atoms with E-state index in [1.54, 1.807) is 0 Å². The summed E-state index contributed by atoms with van der Waals surface area (Å²) in [5, 5.41) is 0. The number of fused-ring (bicyclic) bond motifs is 3. The molecule has 0 amide bonds. The first-order chi connectivity index (χ1) is 14.1. The summed E-state index contributed by atoms with van der Waals surface area (Å²) in [5.41, 5.74) is 9.53. The van der Waals surface area contributed by atoms with Crippen molar-refractivity contribution in [1.29, 1.82) is 0 Å². The van der Waals surface area contributed by atoms with E-state index in [0.717, 1.165) is 4.47 Å². The fourth-order valence-corrected chi connectivity index (χ4v) is 5.14. The zero-order chi connectivity index (χ0) is 20.0. The SMILES string of the molecule is CC1(C)c2cc(Br)ccc2-c2ccc(C(c3ccccc3)c3ccccc3)cc21. The number of benzene rings is 4. The largest absolute Gasteiger partial charge is 0.0622 e. The summed E-state index contributed by atoms with van der Waals surface area (Å²) < 4.78 is 1.14. The lowest BCUT2D eigenvalue weighted by Gasteiger charge is -2.24. The average molecular weight is 439 g/mol. The molecule has 1 aliphatic rings. The Morgan fingerprint density at radius 1 is 0.586 bits per heavy atom. The normalized spacial score (nSPS) is 13.9. The molecule has 0 fully saturated rings. The Kier molecular flexibility index (Phi) is 4.44. The fourth-order valence-electron chi connectivity index (χ4n) is 4.78. The molecule has 0 N–H and O–H groups in total. The van der Waals surface area contributed by atoms with Crippen LogP contribution in [0.2, 0.25) is 0 Å². The zero-order valence-corrected chi connectivity index (χ0v) is 18.3. The highest BCUT2D eigenvalue weighted by atomic mass is 79.9. The molecule has 0 unspecified atom stereocenters. The lowest BCUT2D eigenvalue weighted by molar-refractivity contribution is 0.658. The molecule has 0 aromatic heterocycles. The number of rotatable bonds is 3. The highest BCUT2D eigenvalue weighted by molar-refractivity contribution is 9.10. The predicted molar refractivity (Wildman–Crippen MR) is 126 cm³/mol. The summed E-state index contributed by atoms with van der Waals surface area (Å²) in [6.45, 7) is 4.68. The molecule has 4 aromatic rings. The standard InChI is InChI=1S/C28H23Br/c1-28(2)25-17-21(13-15-23(25)24-16-14-22(29)18-26(24)28)27(19-9-5-3-6-10-19)20-11-7-4-8-12-20/h3-18,27H,1-2H3. The maximum absolute atomic E-state index is 3.66. The second kappa shape index (κ2) is 7.00. The summed E-state index contributed by atoms with van der Waals surface area (Å²) in [5.74, 6) is 0.231. The van der Waals surface area contributed by atoms with Gasteiger partial charge in [-0.3, -0.25) is 0 Å². The summed E-state index contributed by atoms with van der Waals surface area (Å²) in [6, 6.07) is 35.4. The van der Waals surface area contributed by atoms with E-state index in [2.05, 4.69) is 127 Å². The van der Waals surface area contributed by atoms with Crippen LogP contribution in [0.15, 0.2) is 102 Å². The van der Waals surface area contributed by atoms with Crippen molar-refractivity contribution in [3.05, 3.63) is 129 Å². The van der Waals surface area contributed by atoms with Crippen molar-refractivity contribution in [3.8, 4) is 11.1 Å². The first kappa shape index (κ1) is 18.4. The fraction of sp³-hybridized carbons (Fsp3) is 0.143. The number of hydrogen-bond donors (Lipinski definition) is 0. The van der Waals surface area contributed by atoms with Gasteiger partial charge in [-0.05, 0) is 51.1 Å². The van der Waals surface area contributed by atoms with Crippen molar-refractivity contribution < 1.29 is 0 Å². The van der Waals surface area contributed by atoms with Crippen molar-refractivity contribution in [3.63, 3.8) is 0 Å². The Morgan fingerprint density at radius 3 is 1.69 bits per heavy atom. The van der Waals surface area contributed by atoms with Gasteiger partial charge in [0.05, 0.1) is 0 Å². The Hall–Kier alpha value is -2.64. The van der Waals surface area contributed by atoms with Crippen molar-refractivity contribution >= 4 is 15.9 Å². The van der Waals surface area contributed by atoms with Crippen molar-refractivity contribution in [2.75, 3.05) is 0 Å². The molecule has 0 bridgehead atoms. The molecule has 0 saturated heterocycles. The van der Waals surface area contributed by atoms with E-state index in [1.807, 2.05) is 0 Å². The van der Waals surface area contributed by atoms with Gasteiger partial charge in [-0.25, -0.2) is 0 Å². The van der Waals surface area contributed by atoms with Crippen LogP contribution in [0.3, 0.4) is 0 Å². The third-order valence-electron chi connectivity index (χ3n) is 6.26. The minimum Gasteiger partial charge on any atom is -0.0622 e. The monoisotopic (exact) mass is 438 g/mol. The molecule has 5 rings (SSSR count). The first-order valence-electron chi connectivity index (χ1n) is 10.1. The maximum atomic E-state index is 3.66. The van der Waals surface area contributed by atoms with Gasteiger partial charge in [0.1, 0.15) is 0 Å². The van der Waals surface area contributed by atoms with E-state index in [1.165, 1.54) is 38.9 Å². The van der Waals surface area contributed by atoms with Crippen LogP contribution in [-0.2, 0) is 5.41 Å². The second-order valence-electron chi connectivity index (χ2n) is 8.37. The molecule has 1 heteroatoms. The molecule has 0 aliphatic heterocycles. The second-order valence-corrected chi connectivity index (χ2v) is 9.29. The van der Waals surface area contributed by atoms with Gasteiger partial charge in [0.15, 0.2) is 0 Å². The molecule has 0 nitrogen and oxygen atoms in total. The third kappa shape index (κ3) is 3.05. The van der Waals surface area contributed by atoms with Crippen LogP contribution in [0.1, 0.15) is 47.6 Å². The molecular weight excluding hydrogens is 416 g/mol. The lowest BCUT2D eigenvalue weighted by atomic mass is 9.79. The third-order valence-corrected chi connectivity index (χ3v) is 6.75. The Morgan fingerprint density at radius 2 is 1.10 bits per heavy atom. The van der Waals surface area contributed by atoms with Crippen LogP contribution in [0, 0.1) is 0 Å². The first-order valence-corrected chi connectivity index (χ1v) is 10.9. The number of hydrogen-bond acceptors (Lipinski definition) is 0. The molecule has 0 atom stereocenters. The van der Waals surface area contributed by atoms with Crippen LogP contribution < -0.4 is 0 Å². The highest BCUT2D eigenvalue weighted by Crippen LogP contribution is 2.50. The van der Waals surface area contributed by atoms with Crippen LogP contribution in [0.25, 0.3) is 11.1 Å². The Bertz CT molecular complexity index is 1130. The Balaban J connectivity index is 1.69. The summed E-state index contributed by atoms with van der Waals surface area (Å²) in [7, 11) is 0. The molecule has 142 valence electrons. The average Bonchev–Trinajstić information content (AvgIpc) is 2.96. The van der Waals surface area contributed by atoms with Crippen molar-refractivity contribution in [2.24, 2.45) is 0 Å². The molecule has 1 aliphatic carbocycles. The van der Waals surface area contributed by atoms with E-state index < -0.39 is 0 Å². The highest BCUT2D eigenvalue weighted by Gasteiger charge is 2.36. The van der Waals surface area contributed by atoms with Gasteiger partial charge >= 0.3 is 0 Å². The smallest absolute Gasteiger partial charge is 0.0340 e. The van der Waals surface area contributed by atoms with Gasteiger partial charge in [-0.2, -0.15) is 0 Å². The summed E-state index contributed by atoms with van der Waals surface area (Å²) in [4.78, 5) is 0. The van der Waals surface area contributed by atoms with Gasteiger partial charge in [-0.1, -0.05) is 115 Å². The molecule has 29 heavy (non-hydrogen) atoms. The van der Waals surface area contributed by atoms with E-state index in [-0.39, 0.29) is 11.3 Å². The zero-order valence-electron chi connectivity index (χ0n) is 16.7. The quantitative estimate of drug-likeness (QED) is 0.284. The lowest BCUT2D eigenvalue weighted by Crippen LogP contribution is -2.16. The van der Waals surface area contributed by atoms with Gasteiger partial charge in [0.25, 0.3) is 0 Å². The molecule has 4 aromatic carbocycles. The Labute approximate surface area is 181 Å². The summed E-state index contributed by atoms with van der Waals surface area (Å²) >= 11 is 3.66. The predicted octanol–water partition coefficient (Wildman–Crippen LogP) is 7.94. The summed E-state index contributed by atoms with van der Waals surface area (Å²) in [6.07, 6.45) is 0. The maximum Gasteiger partial charge on any atom is 0.0340 e. The van der Waals surface area contributed by atoms with Crippen molar-refractivity contribution in [2.45, 2.75) is 25.2 Å². The van der Waals surface area contributed by atoms with E-state index in [9.17, 15) is 0 Å². The topological polar surface area (TPSA) is 0 Å². The molecular formula is C28H23Br. The van der Waals surface area contributed by atoms with E-state index in [4.69, 9.17) is 0 Å². The van der Waals surface area contributed by atoms with E-state index in [0.29, 0.717) is 0 Å². The van der Waals surface area contributed by atoms with Crippen LogP contribution in [-0.4, -0.2) is 0 Å². The van der Waals surface area contributed by atoms with Gasteiger partial charge in [0, 0.05) is 15.8 Å². The van der Waals surface area contributed by atoms with Crippen LogP contribution in [0.5, 0.6) is 0 Å². The van der Waals surface area contributed by atoms with Gasteiger partial charge in [-0.15, -0.1) is 0 Å². The van der Waals surface area contributed by atoms with Crippen LogP contribution in [0.4, 0.5) is 0 Å².